The second kappa shape index (κ2) is 11.0. The lowest BCUT2D eigenvalue weighted by atomic mass is 10.2. The molecule has 8 nitrogen and oxygen atoms in total. The molecule has 4 aromatic rings. The maximum Gasteiger partial charge on any atom is 0.319 e. The van der Waals surface area contributed by atoms with Gasteiger partial charge in [0.05, 0.1) is 33.1 Å². The molecule has 1 fully saturated rings. The number of halogens is 1. The molecule has 0 aliphatic heterocycles. The Morgan fingerprint density at radius 3 is 2.81 bits per heavy atom. The number of thiophene rings is 1. The quantitative estimate of drug-likeness (QED) is 0.252. The largest absolute Gasteiger partial charge is 0.456 e. The molecular formula is C26H26FN5O3S. The Morgan fingerprint density at radius 2 is 2.06 bits per heavy atom. The number of ether oxygens (including phenoxy) is 2. The lowest BCUT2D eigenvalue weighted by molar-refractivity contribution is 0.199. The summed E-state index contributed by atoms with van der Waals surface area (Å²) in [5, 5.41) is 8.61. The van der Waals surface area contributed by atoms with Gasteiger partial charge in [-0.1, -0.05) is 6.07 Å². The van der Waals surface area contributed by atoms with Crippen molar-refractivity contribution in [2.24, 2.45) is 0 Å². The van der Waals surface area contributed by atoms with Gasteiger partial charge < -0.3 is 25.4 Å². The van der Waals surface area contributed by atoms with Crippen LogP contribution in [0.4, 0.5) is 14.9 Å². The molecule has 186 valence electrons. The predicted octanol–water partition coefficient (Wildman–Crippen LogP) is 5.31. The van der Waals surface area contributed by atoms with Gasteiger partial charge in [0.15, 0.2) is 0 Å². The summed E-state index contributed by atoms with van der Waals surface area (Å²) in [6, 6.07) is 11.9. The molecule has 0 unspecified atom stereocenters. The number of nitrogens with one attached hydrogen (secondary N) is 3. The average molecular weight is 508 g/mol. The van der Waals surface area contributed by atoms with Crippen LogP contribution in [0.3, 0.4) is 0 Å². The Hall–Kier alpha value is -3.60. The van der Waals surface area contributed by atoms with Gasteiger partial charge in [0.2, 0.25) is 0 Å². The van der Waals surface area contributed by atoms with E-state index in [-0.39, 0.29) is 11.7 Å². The van der Waals surface area contributed by atoms with Crippen LogP contribution in [0, 0.1) is 5.82 Å². The van der Waals surface area contributed by atoms with E-state index in [1.807, 2.05) is 24.4 Å². The molecule has 0 bridgehead atoms. The number of hydrogen-bond donors (Lipinski definition) is 3. The zero-order valence-corrected chi connectivity index (χ0v) is 20.5. The van der Waals surface area contributed by atoms with E-state index in [9.17, 15) is 9.18 Å². The monoisotopic (exact) mass is 507 g/mol. The van der Waals surface area contributed by atoms with Gasteiger partial charge in [-0.25, -0.2) is 9.18 Å². The van der Waals surface area contributed by atoms with Gasteiger partial charge in [0.1, 0.15) is 17.3 Å². The van der Waals surface area contributed by atoms with E-state index in [0.29, 0.717) is 18.1 Å². The summed E-state index contributed by atoms with van der Waals surface area (Å²) in [5.74, 6) is 0.324. The molecule has 0 spiro atoms. The Balaban J connectivity index is 1.29. The highest BCUT2D eigenvalue weighted by molar-refractivity contribution is 7.22. The summed E-state index contributed by atoms with van der Waals surface area (Å²) < 4.78 is 26.5. The van der Waals surface area contributed by atoms with Crippen molar-refractivity contribution in [3.05, 3.63) is 66.2 Å². The molecule has 5 rings (SSSR count). The van der Waals surface area contributed by atoms with Crippen LogP contribution in [0.2, 0.25) is 0 Å². The lowest BCUT2D eigenvalue weighted by Gasteiger charge is -2.10. The number of methoxy groups -OCH3 is 1. The minimum Gasteiger partial charge on any atom is -0.456 e. The van der Waals surface area contributed by atoms with Crippen LogP contribution in [0.1, 0.15) is 18.4 Å². The third-order valence-electron chi connectivity index (χ3n) is 5.59. The van der Waals surface area contributed by atoms with E-state index in [4.69, 9.17) is 9.47 Å². The number of hydrogen-bond acceptors (Lipinski definition) is 7. The van der Waals surface area contributed by atoms with Crippen molar-refractivity contribution >= 4 is 33.3 Å². The summed E-state index contributed by atoms with van der Waals surface area (Å²) in [5.41, 5.74) is 2.80. The third-order valence-corrected chi connectivity index (χ3v) is 6.76. The second-order valence-electron chi connectivity index (χ2n) is 8.47. The standard InChI is InChI=1S/C26H26FN5O3S/c1-34-11-10-28-14-16-2-6-21(30-15-16)24-13-22-25(36-24)23(8-9-29-22)35-18-5-7-20(19(27)12-18)32-26(33)31-17-3-4-17/h2,5-9,12-13,15,17,28H,3-4,10-11,14H2,1H3,(H2,31,32,33). The number of aromatic nitrogens is 2. The molecule has 36 heavy (non-hydrogen) atoms. The zero-order chi connectivity index (χ0) is 24.9. The maximum atomic E-state index is 14.6. The van der Waals surface area contributed by atoms with E-state index in [1.165, 1.54) is 23.5 Å². The molecule has 0 atom stereocenters. The number of carbonyl (C=O) groups is 1. The normalized spacial score (nSPS) is 13.1. The number of benzene rings is 1. The number of nitrogens with zero attached hydrogens (tertiary/aromatic N) is 2. The molecule has 0 saturated heterocycles. The van der Waals surface area contributed by atoms with E-state index < -0.39 is 11.8 Å². The van der Waals surface area contributed by atoms with E-state index in [1.54, 1.807) is 25.4 Å². The van der Waals surface area contributed by atoms with Gasteiger partial charge in [-0.2, -0.15) is 0 Å². The molecular weight excluding hydrogens is 481 g/mol. The third kappa shape index (κ3) is 5.96. The summed E-state index contributed by atoms with van der Waals surface area (Å²) >= 11 is 1.51. The first-order valence-electron chi connectivity index (χ1n) is 11.7. The highest BCUT2D eigenvalue weighted by Crippen LogP contribution is 2.39. The fraction of sp³-hybridized carbons (Fsp3) is 0.269. The predicted molar refractivity (Wildman–Crippen MR) is 138 cm³/mol. The molecule has 1 saturated carbocycles. The van der Waals surface area contributed by atoms with Gasteiger partial charge in [0.25, 0.3) is 0 Å². The van der Waals surface area contributed by atoms with Crippen molar-refractivity contribution in [1.82, 2.24) is 20.6 Å². The average Bonchev–Trinajstić information content (AvgIpc) is 3.58. The van der Waals surface area contributed by atoms with Gasteiger partial charge in [0, 0.05) is 50.8 Å². The van der Waals surface area contributed by atoms with Crippen LogP contribution < -0.4 is 20.7 Å². The highest BCUT2D eigenvalue weighted by atomic mass is 32.1. The zero-order valence-electron chi connectivity index (χ0n) is 19.7. The molecule has 1 aromatic carbocycles. The Morgan fingerprint density at radius 1 is 1.17 bits per heavy atom. The number of amides is 2. The van der Waals surface area contributed by atoms with Crippen molar-refractivity contribution in [2.45, 2.75) is 25.4 Å². The maximum absolute atomic E-state index is 14.6. The molecule has 1 aliphatic carbocycles. The van der Waals surface area contributed by atoms with Crippen LogP contribution in [-0.2, 0) is 11.3 Å². The molecule has 3 N–H and O–H groups in total. The first kappa shape index (κ1) is 24.1. The van der Waals surface area contributed by atoms with Crippen molar-refractivity contribution in [3.8, 4) is 22.1 Å². The molecule has 2 amide bonds. The van der Waals surface area contributed by atoms with Crippen LogP contribution in [0.15, 0.2) is 54.9 Å². The molecule has 10 heteroatoms. The second-order valence-corrected chi connectivity index (χ2v) is 9.52. The molecule has 3 heterocycles. The van der Waals surface area contributed by atoms with Crippen LogP contribution >= 0.6 is 11.3 Å². The van der Waals surface area contributed by atoms with Crippen LogP contribution in [-0.4, -0.2) is 42.3 Å². The van der Waals surface area contributed by atoms with Gasteiger partial charge in [-0.3, -0.25) is 9.97 Å². The number of carbonyl (C=O) groups excluding carboxylic acids is 1. The SMILES string of the molecule is COCCNCc1ccc(-c2cc3nccc(Oc4ccc(NC(=O)NC5CC5)c(F)c4)c3s2)nc1. The Kier molecular flexibility index (Phi) is 7.36. The first-order valence-corrected chi connectivity index (χ1v) is 12.5. The number of fused-ring (bicyclic) bond motifs is 1. The van der Waals surface area contributed by atoms with E-state index in [2.05, 4.69) is 25.9 Å². The van der Waals surface area contributed by atoms with Gasteiger partial charge in [-0.15, -0.1) is 11.3 Å². The smallest absolute Gasteiger partial charge is 0.319 e. The van der Waals surface area contributed by atoms with Crippen molar-refractivity contribution in [2.75, 3.05) is 25.6 Å². The fourth-order valence-electron chi connectivity index (χ4n) is 3.56. The minimum absolute atomic E-state index is 0.0993. The summed E-state index contributed by atoms with van der Waals surface area (Å²) in [6.45, 7) is 2.16. The number of rotatable bonds is 10. The Bertz CT molecular complexity index is 1360. The van der Waals surface area contributed by atoms with Crippen molar-refractivity contribution < 1.29 is 18.7 Å². The highest BCUT2D eigenvalue weighted by Gasteiger charge is 2.23. The number of anilines is 1. The van der Waals surface area contributed by atoms with Crippen molar-refractivity contribution in [3.63, 3.8) is 0 Å². The summed E-state index contributed by atoms with van der Waals surface area (Å²) in [4.78, 5) is 21.9. The molecule has 0 radical (unpaired) electrons. The summed E-state index contributed by atoms with van der Waals surface area (Å²) in [6.07, 6.45) is 5.43. The summed E-state index contributed by atoms with van der Waals surface area (Å²) in [7, 11) is 1.68. The first-order chi connectivity index (χ1) is 17.6. The fourth-order valence-corrected chi connectivity index (χ4v) is 4.60. The lowest BCUT2D eigenvalue weighted by Crippen LogP contribution is -2.30. The van der Waals surface area contributed by atoms with Crippen molar-refractivity contribution in [1.29, 1.82) is 0 Å². The minimum atomic E-state index is -0.573. The van der Waals surface area contributed by atoms with Gasteiger partial charge in [-0.05, 0) is 42.7 Å². The van der Waals surface area contributed by atoms with E-state index >= 15 is 0 Å². The van der Waals surface area contributed by atoms with Crippen LogP contribution in [0.25, 0.3) is 20.8 Å². The van der Waals surface area contributed by atoms with E-state index in [0.717, 1.165) is 52.3 Å². The number of pyridine rings is 2. The van der Waals surface area contributed by atoms with Gasteiger partial charge >= 0.3 is 6.03 Å². The Labute approximate surface area is 211 Å². The molecule has 1 aliphatic rings. The topological polar surface area (TPSA) is 97.4 Å². The van der Waals surface area contributed by atoms with Crippen LogP contribution in [0.5, 0.6) is 11.5 Å². The molecule has 3 aromatic heterocycles. The number of urea groups is 1.